The second-order valence-corrected chi connectivity index (χ2v) is 11.2. The molecule has 2 saturated heterocycles. The van der Waals surface area contributed by atoms with E-state index in [1.807, 2.05) is 13.8 Å². The van der Waals surface area contributed by atoms with E-state index < -0.39 is 11.9 Å². The fraction of sp³-hybridized carbons (Fsp3) is 0.478. The molecular formula is C23H26N6O5S. The summed E-state index contributed by atoms with van der Waals surface area (Å²) in [7, 11) is 0. The van der Waals surface area contributed by atoms with Crippen molar-refractivity contribution in [1.82, 2.24) is 30.1 Å². The molecule has 11 nitrogen and oxygen atoms in total. The Morgan fingerprint density at radius 1 is 1.29 bits per heavy atom. The zero-order valence-electron chi connectivity index (χ0n) is 19.4. The number of hydrogen-bond donors (Lipinski definition) is 2. The van der Waals surface area contributed by atoms with E-state index in [1.165, 1.54) is 9.58 Å². The van der Waals surface area contributed by atoms with Crippen LogP contribution in [0.15, 0.2) is 24.4 Å². The van der Waals surface area contributed by atoms with Crippen LogP contribution in [0.5, 0.6) is 0 Å². The summed E-state index contributed by atoms with van der Waals surface area (Å²) in [5, 5.41) is 20.4. The first-order valence-electron chi connectivity index (χ1n) is 11.5. The Labute approximate surface area is 205 Å². The second-order valence-electron chi connectivity index (χ2n) is 9.44. The van der Waals surface area contributed by atoms with Gasteiger partial charge < -0.3 is 14.9 Å². The van der Waals surface area contributed by atoms with Gasteiger partial charge in [0, 0.05) is 35.6 Å². The minimum atomic E-state index is -0.682. The summed E-state index contributed by atoms with van der Waals surface area (Å²) in [5.74, 6) is -0.555. The molecule has 0 bridgehead atoms. The molecule has 2 N–H and O–H groups in total. The Morgan fingerprint density at radius 2 is 2.09 bits per heavy atom. The highest BCUT2D eigenvalue weighted by Gasteiger charge is 2.41. The summed E-state index contributed by atoms with van der Waals surface area (Å²) >= 11 is 1.73. The lowest BCUT2D eigenvalue weighted by atomic mass is 10.0. The van der Waals surface area contributed by atoms with Crippen LogP contribution < -0.4 is 5.32 Å². The second kappa shape index (κ2) is 8.76. The highest BCUT2D eigenvalue weighted by molar-refractivity contribution is 8.00. The van der Waals surface area contributed by atoms with Crippen molar-refractivity contribution in [3.8, 4) is 5.69 Å². The topological polar surface area (TPSA) is 138 Å². The molecule has 2 aromatic rings. The van der Waals surface area contributed by atoms with Crippen LogP contribution in [0.1, 0.15) is 53.1 Å². The van der Waals surface area contributed by atoms with Crippen LogP contribution >= 0.6 is 11.8 Å². The molecule has 4 amide bonds. The molecule has 0 radical (unpaired) electrons. The van der Waals surface area contributed by atoms with Crippen molar-refractivity contribution in [3.05, 3.63) is 41.2 Å². The van der Waals surface area contributed by atoms with Crippen LogP contribution in [0.25, 0.3) is 5.69 Å². The van der Waals surface area contributed by atoms with Gasteiger partial charge in [-0.25, -0.2) is 4.68 Å². The summed E-state index contributed by atoms with van der Waals surface area (Å²) in [6.45, 7) is 4.65. The van der Waals surface area contributed by atoms with Gasteiger partial charge in [0.25, 0.3) is 11.8 Å². The number of nitrogens with one attached hydrogen (secondary N) is 1. The molecule has 1 aromatic heterocycles. The number of aliphatic hydroxyl groups excluding tert-OH is 1. The summed E-state index contributed by atoms with van der Waals surface area (Å²) in [6.07, 6.45) is 2.04. The first kappa shape index (κ1) is 23.5. The minimum absolute atomic E-state index is 0.137. The molecule has 2 fully saturated rings. The number of carbonyl (C=O) groups is 4. The SMILES string of the molecule is CC1(C)SCCN(C(=O)c2cn(-c3ccc4c(c3)CN(C3CCC(=O)NC3=O)C4=O)nn2)[C@H]1CO. The molecule has 2 atom stereocenters. The summed E-state index contributed by atoms with van der Waals surface area (Å²) in [6, 6.07) is 4.17. The van der Waals surface area contributed by atoms with Crippen molar-refractivity contribution in [2.45, 2.75) is 50.1 Å². The zero-order chi connectivity index (χ0) is 24.9. The average Bonchev–Trinajstić information content (AvgIpc) is 3.43. The number of piperidine rings is 1. The van der Waals surface area contributed by atoms with Crippen LogP contribution in [-0.2, 0) is 16.1 Å². The number of aromatic nitrogens is 3. The quantitative estimate of drug-likeness (QED) is 0.577. The third-order valence-corrected chi connectivity index (χ3v) is 8.31. The molecule has 184 valence electrons. The maximum absolute atomic E-state index is 13.2. The van der Waals surface area contributed by atoms with E-state index in [0.29, 0.717) is 24.2 Å². The van der Waals surface area contributed by atoms with Crippen molar-refractivity contribution in [2.75, 3.05) is 18.9 Å². The number of hydrogen-bond acceptors (Lipinski definition) is 8. The fourth-order valence-electron chi connectivity index (χ4n) is 4.93. The average molecular weight is 499 g/mol. The first-order valence-corrected chi connectivity index (χ1v) is 12.4. The zero-order valence-corrected chi connectivity index (χ0v) is 20.2. The Balaban J connectivity index is 1.35. The van der Waals surface area contributed by atoms with E-state index in [0.717, 1.165) is 11.3 Å². The Morgan fingerprint density at radius 3 is 2.83 bits per heavy atom. The Hall–Kier alpha value is -3.25. The minimum Gasteiger partial charge on any atom is -0.394 e. The molecule has 0 aliphatic carbocycles. The van der Waals surface area contributed by atoms with Crippen molar-refractivity contribution in [2.24, 2.45) is 0 Å². The van der Waals surface area contributed by atoms with Crippen molar-refractivity contribution >= 4 is 35.4 Å². The third kappa shape index (κ3) is 4.10. The Bertz CT molecular complexity index is 1230. The molecule has 3 aliphatic heterocycles. The maximum Gasteiger partial charge on any atom is 0.276 e. The normalized spacial score (nSPS) is 23.9. The van der Waals surface area contributed by atoms with Gasteiger partial charge >= 0.3 is 0 Å². The molecule has 1 unspecified atom stereocenters. The number of aliphatic hydroxyl groups is 1. The van der Waals surface area contributed by atoms with E-state index in [-0.39, 0.29) is 53.8 Å². The highest BCUT2D eigenvalue weighted by Crippen LogP contribution is 2.36. The van der Waals surface area contributed by atoms with Gasteiger partial charge in [-0.15, -0.1) is 5.10 Å². The smallest absolute Gasteiger partial charge is 0.276 e. The third-order valence-electron chi connectivity index (χ3n) is 6.90. The molecule has 0 saturated carbocycles. The van der Waals surface area contributed by atoms with Gasteiger partial charge in [0.15, 0.2) is 5.69 Å². The van der Waals surface area contributed by atoms with Crippen LogP contribution in [0.2, 0.25) is 0 Å². The van der Waals surface area contributed by atoms with Gasteiger partial charge in [-0.2, -0.15) is 11.8 Å². The van der Waals surface area contributed by atoms with E-state index in [1.54, 1.807) is 41.1 Å². The van der Waals surface area contributed by atoms with Crippen LogP contribution in [-0.4, -0.2) is 89.3 Å². The summed E-state index contributed by atoms with van der Waals surface area (Å²) in [4.78, 5) is 52.9. The van der Waals surface area contributed by atoms with Crippen LogP contribution in [0.4, 0.5) is 0 Å². The summed E-state index contributed by atoms with van der Waals surface area (Å²) < 4.78 is 1.20. The number of carbonyl (C=O) groups excluding carboxylic acids is 4. The van der Waals surface area contributed by atoms with Gasteiger partial charge in [-0.05, 0) is 44.0 Å². The van der Waals surface area contributed by atoms with Gasteiger partial charge in [0.05, 0.1) is 24.5 Å². The van der Waals surface area contributed by atoms with Crippen molar-refractivity contribution < 1.29 is 24.3 Å². The van der Waals surface area contributed by atoms with Gasteiger partial charge in [0.1, 0.15) is 6.04 Å². The van der Waals surface area contributed by atoms with E-state index >= 15 is 0 Å². The molecule has 0 spiro atoms. The van der Waals surface area contributed by atoms with Crippen LogP contribution in [0, 0.1) is 0 Å². The number of fused-ring (bicyclic) bond motifs is 1. The van der Waals surface area contributed by atoms with E-state index in [4.69, 9.17) is 0 Å². The predicted octanol–water partition coefficient (Wildman–Crippen LogP) is 0.357. The lowest BCUT2D eigenvalue weighted by Crippen LogP contribution is -2.56. The maximum atomic E-state index is 13.2. The molecule has 12 heteroatoms. The van der Waals surface area contributed by atoms with Crippen molar-refractivity contribution in [3.63, 3.8) is 0 Å². The molecular weight excluding hydrogens is 472 g/mol. The number of nitrogens with zero attached hydrogens (tertiary/aromatic N) is 5. The molecule has 35 heavy (non-hydrogen) atoms. The van der Waals surface area contributed by atoms with Gasteiger partial charge in [-0.1, -0.05) is 5.21 Å². The molecule has 4 heterocycles. The number of thioether (sulfide) groups is 1. The molecule has 3 aliphatic rings. The van der Waals surface area contributed by atoms with Gasteiger partial charge in [0.2, 0.25) is 11.8 Å². The molecule has 1 aromatic carbocycles. The fourth-order valence-corrected chi connectivity index (χ4v) is 6.14. The number of imide groups is 1. The number of amides is 4. The van der Waals surface area contributed by atoms with E-state index in [2.05, 4.69) is 15.6 Å². The highest BCUT2D eigenvalue weighted by atomic mass is 32.2. The Kier molecular flexibility index (Phi) is 5.88. The first-order chi connectivity index (χ1) is 16.7. The lowest BCUT2D eigenvalue weighted by molar-refractivity contribution is -0.136. The standard InChI is InChI=1S/C23H26N6O5S/c1-23(2)18(12-30)27(7-8-35-23)22(34)16-11-29(26-25-16)14-3-4-15-13(9-14)10-28(21(15)33)17-5-6-19(31)24-20(17)32/h3-4,9,11,17-18,30H,5-8,10,12H2,1-2H3,(H,24,31,32)/t17?,18-/m0/s1. The van der Waals surface area contributed by atoms with E-state index in [9.17, 15) is 24.3 Å². The number of benzene rings is 1. The summed E-state index contributed by atoms with van der Waals surface area (Å²) in [5.41, 5.74) is 2.03. The largest absolute Gasteiger partial charge is 0.394 e. The van der Waals surface area contributed by atoms with Gasteiger partial charge in [-0.3, -0.25) is 24.5 Å². The lowest BCUT2D eigenvalue weighted by Gasteiger charge is -2.44. The predicted molar refractivity (Wildman–Crippen MR) is 126 cm³/mol. The van der Waals surface area contributed by atoms with Crippen molar-refractivity contribution in [1.29, 1.82) is 0 Å². The monoisotopic (exact) mass is 498 g/mol. The van der Waals surface area contributed by atoms with Crippen LogP contribution in [0.3, 0.4) is 0 Å². The molecule has 5 rings (SSSR count). The number of rotatable bonds is 4.